The summed E-state index contributed by atoms with van der Waals surface area (Å²) in [7, 11) is 0. The molecule has 1 atom stereocenters. The SMILES string of the molecule is Cc1ccc(N2CC(NC(=O)N3CCN(C(=O)c4ccco4)CC3)CC2=O)cc1C. The molecule has 0 spiro atoms. The van der Waals surface area contributed by atoms with Crippen LogP contribution in [0.3, 0.4) is 0 Å². The maximum absolute atomic E-state index is 12.7. The predicted molar refractivity (Wildman–Crippen MR) is 111 cm³/mol. The second kappa shape index (κ2) is 8.22. The van der Waals surface area contributed by atoms with E-state index in [-0.39, 0.29) is 30.3 Å². The molecule has 2 fully saturated rings. The van der Waals surface area contributed by atoms with Gasteiger partial charge in [-0.15, -0.1) is 0 Å². The first-order valence-electron chi connectivity index (χ1n) is 10.2. The third-order valence-electron chi connectivity index (χ3n) is 5.84. The van der Waals surface area contributed by atoms with Crippen LogP contribution < -0.4 is 10.2 Å². The Morgan fingerprint density at radius 2 is 1.77 bits per heavy atom. The second-order valence-electron chi connectivity index (χ2n) is 7.88. The third-order valence-corrected chi connectivity index (χ3v) is 5.84. The number of aryl methyl sites for hydroxylation is 2. The number of hydrogen-bond donors (Lipinski definition) is 1. The highest BCUT2D eigenvalue weighted by atomic mass is 16.3. The normalized spacial score (nSPS) is 19.3. The van der Waals surface area contributed by atoms with Crippen LogP contribution in [-0.4, -0.2) is 66.4 Å². The molecule has 8 heteroatoms. The monoisotopic (exact) mass is 410 g/mol. The van der Waals surface area contributed by atoms with E-state index in [1.54, 1.807) is 26.8 Å². The van der Waals surface area contributed by atoms with Crippen LogP contribution in [-0.2, 0) is 4.79 Å². The minimum atomic E-state index is -0.227. The average Bonchev–Trinajstić information content (AvgIpc) is 3.40. The van der Waals surface area contributed by atoms with E-state index in [0.29, 0.717) is 38.5 Å². The first-order valence-corrected chi connectivity index (χ1v) is 10.2. The van der Waals surface area contributed by atoms with E-state index < -0.39 is 0 Å². The lowest BCUT2D eigenvalue weighted by Crippen LogP contribution is -2.54. The van der Waals surface area contributed by atoms with Crippen LogP contribution in [0.1, 0.15) is 28.1 Å². The van der Waals surface area contributed by atoms with Crippen LogP contribution in [0.2, 0.25) is 0 Å². The first kappa shape index (κ1) is 20.0. The van der Waals surface area contributed by atoms with E-state index in [0.717, 1.165) is 11.3 Å². The largest absolute Gasteiger partial charge is 0.459 e. The number of nitrogens with one attached hydrogen (secondary N) is 1. The van der Waals surface area contributed by atoms with Gasteiger partial charge in [0.2, 0.25) is 5.91 Å². The lowest BCUT2D eigenvalue weighted by Gasteiger charge is -2.34. The summed E-state index contributed by atoms with van der Waals surface area (Å²) in [4.78, 5) is 42.6. The summed E-state index contributed by atoms with van der Waals surface area (Å²) in [6, 6.07) is 8.86. The predicted octanol–water partition coefficient (Wildman–Crippen LogP) is 2.17. The molecule has 1 aromatic heterocycles. The van der Waals surface area contributed by atoms with Crippen molar-refractivity contribution in [1.29, 1.82) is 0 Å². The topological polar surface area (TPSA) is 86.1 Å². The molecule has 158 valence electrons. The van der Waals surface area contributed by atoms with Crippen molar-refractivity contribution in [1.82, 2.24) is 15.1 Å². The molecule has 2 aliphatic heterocycles. The van der Waals surface area contributed by atoms with E-state index in [9.17, 15) is 14.4 Å². The van der Waals surface area contributed by atoms with Gasteiger partial charge in [-0.3, -0.25) is 9.59 Å². The minimum absolute atomic E-state index is 0.0115. The van der Waals surface area contributed by atoms with Gasteiger partial charge in [0.15, 0.2) is 5.76 Å². The van der Waals surface area contributed by atoms with Crippen molar-refractivity contribution in [3.05, 3.63) is 53.5 Å². The molecule has 4 rings (SSSR count). The molecule has 0 aliphatic carbocycles. The van der Waals surface area contributed by atoms with Crippen LogP contribution in [0, 0.1) is 13.8 Å². The van der Waals surface area contributed by atoms with Gasteiger partial charge in [0.1, 0.15) is 0 Å². The van der Waals surface area contributed by atoms with E-state index in [4.69, 9.17) is 4.42 Å². The van der Waals surface area contributed by atoms with Crippen LogP contribution in [0.5, 0.6) is 0 Å². The average molecular weight is 410 g/mol. The number of anilines is 1. The summed E-state index contributed by atoms with van der Waals surface area (Å²) < 4.78 is 5.16. The zero-order valence-corrected chi connectivity index (χ0v) is 17.3. The molecule has 3 heterocycles. The van der Waals surface area contributed by atoms with E-state index >= 15 is 0 Å². The van der Waals surface area contributed by atoms with E-state index in [1.165, 1.54) is 11.8 Å². The Labute approximate surface area is 175 Å². The summed E-state index contributed by atoms with van der Waals surface area (Å²) in [5.41, 5.74) is 3.18. The molecule has 1 aromatic carbocycles. The number of piperazine rings is 1. The number of rotatable bonds is 3. The van der Waals surface area contributed by atoms with E-state index in [2.05, 4.69) is 5.32 Å². The Bertz CT molecular complexity index is 948. The Morgan fingerprint density at radius 3 is 2.43 bits per heavy atom. The molecule has 8 nitrogen and oxygen atoms in total. The highest BCUT2D eigenvalue weighted by molar-refractivity contribution is 5.97. The van der Waals surface area contributed by atoms with Crippen LogP contribution >= 0.6 is 0 Å². The van der Waals surface area contributed by atoms with Gasteiger partial charge in [0.05, 0.1) is 12.3 Å². The van der Waals surface area contributed by atoms with Gasteiger partial charge in [0, 0.05) is 44.8 Å². The van der Waals surface area contributed by atoms with Gasteiger partial charge in [-0.1, -0.05) is 6.07 Å². The zero-order valence-electron chi connectivity index (χ0n) is 17.3. The van der Waals surface area contributed by atoms with Gasteiger partial charge in [0.25, 0.3) is 5.91 Å². The maximum Gasteiger partial charge on any atom is 0.317 e. The summed E-state index contributed by atoms with van der Waals surface area (Å²) in [5.74, 6) is 0.159. The summed E-state index contributed by atoms with van der Waals surface area (Å²) in [6.45, 7) is 6.31. The van der Waals surface area contributed by atoms with Gasteiger partial charge < -0.3 is 24.4 Å². The smallest absolute Gasteiger partial charge is 0.317 e. The fourth-order valence-corrected chi connectivity index (χ4v) is 3.88. The van der Waals surface area contributed by atoms with Crippen molar-refractivity contribution in [2.75, 3.05) is 37.6 Å². The lowest BCUT2D eigenvalue weighted by molar-refractivity contribution is -0.117. The third kappa shape index (κ3) is 4.03. The molecule has 1 unspecified atom stereocenters. The second-order valence-corrected chi connectivity index (χ2v) is 7.88. The summed E-state index contributed by atoms with van der Waals surface area (Å²) in [6.07, 6.45) is 1.76. The molecule has 0 bridgehead atoms. The van der Waals surface area contributed by atoms with Crippen molar-refractivity contribution in [3.8, 4) is 0 Å². The molecule has 0 radical (unpaired) electrons. The Hall–Kier alpha value is -3.29. The number of hydrogen-bond acceptors (Lipinski definition) is 4. The number of benzene rings is 1. The Morgan fingerprint density at radius 1 is 1.03 bits per heavy atom. The van der Waals surface area contributed by atoms with Crippen molar-refractivity contribution >= 4 is 23.5 Å². The molecular weight excluding hydrogens is 384 g/mol. The standard InChI is InChI=1S/C22H26N4O4/c1-15-5-6-18(12-16(15)2)26-14-17(13-20(26)27)23-22(29)25-9-7-24(8-10-25)21(28)19-4-3-11-30-19/h3-6,11-12,17H,7-10,13-14H2,1-2H3,(H,23,29). The highest BCUT2D eigenvalue weighted by Crippen LogP contribution is 2.24. The molecule has 0 saturated carbocycles. The van der Waals surface area contributed by atoms with Crippen molar-refractivity contribution in [2.24, 2.45) is 0 Å². The van der Waals surface area contributed by atoms with Crippen molar-refractivity contribution in [3.63, 3.8) is 0 Å². The number of carbonyl (C=O) groups excluding carboxylic acids is 3. The molecule has 4 amide bonds. The molecule has 2 saturated heterocycles. The molecule has 30 heavy (non-hydrogen) atoms. The Balaban J connectivity index is 1.30. The summed E-state index contributed by atoms with van der Waals surface area (Å²) in [5, 5.41) is 2.98. The number of carbonyl (C=O) groups is 3. The number of amides is 4. The van der Waals surface area contributed by atoms with E-state index in [1.807, 2.05) is 32.0 Å². The Kier molecular flexibility index (Phi) is 5.48. The van der Waals surface area contributed by atoms with Crippen LogP contribution in [0.4, 0.5) is 10.5 Å². The zero-order chi connectivity index (χ0) is 21.3. The summed E-state index contributed by atoms with van der Waals surface area (Å²) >= 11 is 0. The fourth-order valence-electron chi connectivity index (χ4n) is 3.88. The van der Waals surface area contributed by atoms with Gasteiger partial charge in [-0.25, -0.2) is 4.79 Å². The molecule has 2 aliphatic rings. The molecular formula is C22H26N4O4. The van der Waals surface area contributed by atoms with Gasteiger partial charge in [-0.2, -0.15) is 0 Å². The first-order chi connectivity index (χ1) is 14.4. The quantitative estimate of drug-likeness (QED) is 0.840. The number of furan rings is 1. The van der Waals surface area contributed by atoms with Crippen molar-refractivity contribution < 1.29 is 18.8 Å². The highest BCUT2D eigenvalue weighted by Gasteiger charge is 2.33. The van der Waals surface area contributed by atoms with Gasteiger partial charge in [-0.05, 0) is 49.2 Å². The number of nitrogens with zero attached hydrogens (tertiary/aromatic N) is 3. The lowest BCUT2D eigenvalue weighted by atomic mass is 10.1. The fraction of sp³-hybridized carbons (Fsp3) is 0.409. The minimum Gasteiger partial charge on any atom is -0.459 e. The van der Waals surface area contributed by atoms with Crippen LogP contribution in [0.15, 0.2) is 41.0 Å². The maximum atomic E-state index is 12.7. The van der Waals surface area contributed by atoms with Crippen molar-refractivity contribution in [2.45, 2.75) is 26.3 Å². The molecule has 2 aromatic rings. The molecule has 1 N–H and O–H groups in total. The number of urea groups is 1. The van der Waals surface area contributed by atoms with Gasteiger partial charge >= 0.3 is 6.03 Å². The van der Waals surface area contributed by atoms with Crippen LogP contribution in [0.25, 0.3) is 0 Å².